The fraction of sp³-hybridized carbons (Fsp3) is 0.429. The molecule has 3 rings (SSSR count). The van der Waals surface area contributed by atoms with Crippen molar-refractivity contribution in [3.8, 4) is 5.75 Å². The first-order valence-electron chi connectivity index (χ1n) is 9.03. The summed E-state index contributed by atoms with van der Waals surface area (Å²) in [7, 11) is 1.63. The Labute approximate surface area is 158 Å². The minimum Gasteiger partial charge on any atom is -0.497 e. The molecule has 0 aromatic heterocycles. The highest BCUT2D eigenvalue weighted by molar-refractivity contribution is 5.35. The number of hydrogen-bond donors (Lipinski definition) is 4. The summed E-state index contributed by atoms with van der Waals surface area (Å²) in [5.41, 5.74) is 3.19. The van der Waals surface area contributed by atoms with Crippen molar-refractivity contribution in [2.45, 2.75) is 43.4 Å². The maximum absolute atomic E-state index is 10.3. The van der Waals surface area contributed by atoms with Crippen LogP contribution in [0, 0.1) is 0 Å². The highest BCUT2D eigenvalue weighted by Crippen LogP contribution is 2.26. The highest BCUT2D eigenvalue weighted by atomic mass is 16.5. The molecule has 5 atom stereocenters. The van der Waals surface area contributed by atoms with Gasteiger partial charge in [-0.1, -0.05) is 36.4 Å². The van der Waals surface area contributed by atoms with Gasteiger partial charge in [0, 0.05) is 6.42 Å². The average Bonchev–Trinajstić information content (AvgIpc) is 2.70. The molecule has 4 N–H and O–H groups in total. The number of aliphatic hydroxyl groups is 4. The summed E-state index contributed by atoms with van der Waals surface area (Å²) in [6.07, 6.45) is -4.44. The summed E-state index contributed by atoms with van der Waals surface area (Å²) < 4.78 is 10.8. The number of methoxy groups -OCH3 is 1. The Morgan fingerprint density at radius 1 is 0.852 bits per heavy atom. The van der Waals surface area contributed by atoms with E-state index >= 15 is 0 Å². The van der Waals surface area contributed by atoms with Crippen LogP contribution in [0.3, 0.4) is 0 Å². The van der Waals surface area contributed by atoms with E-state index in [1.807, 2.05) is 48.5 Å². The molecule has 1 aliphatic heterocycles. The van der Waals surface area contributed by atoms with Crippen LogP contribution in [0.1, 0.15) is 16.7 Å². The van der Waals surface area contributed by atoms with E-state index in [1.54, 1.807) is 7.11 Å². The van der Waals surface area contributed by atoms with E-state index in [1.165, 1.54) is 0 Å². The second-order valence-electron chi connectivity index (χ2n) is 6.87. The smallest absolute Gasteiger partial charge is 0.118 e. The molecule has 0 saturated carbocycles. The number of aliphatic hydroxyl groups excluding tert-OH is 4. The minimum absolute atomic E-state index is 0.369. The van der Waals surface area contributed by atoms with Crippen LogP contribution in [0.5, 0.6) is 5.75 Å². The Hall–Kier alpha value is -1.96. The molecule has 6 nitrogen and oxygen atoms in total. The lowest BCUT2D eigenvalue weighted by Gasteiger charge is -2.40. The molecule has 27 heavy (non-hydrogen) atoms. The average molecular weight is 374 g/mol. The van der Waals surface area contributed by atoms with Gasteiger partial charge >= 0.3 is 0 Å². The van der Waals surface area contributed by atoms with Crippen LogP contribution in [0.4, 0.5) is 0 Å². The van der Waals surface area contributed by atoms with Gasteiger partial charge in [-0.25, -0.2) is 0 Å². The van der Waals surface area contributed by atoms with Crippen molar-refractivity contribution in [1.82, 2.24) is 0 Å². The quantitative estimate of drug-likeness (QED) is 0.593. The summed E-state index contributed by atoms with van der Waals surface area (Å²) in [5.74, 6) is 0.799. The lowest BCUT2D eigenvalue weighted by Crippen LogP contribution is -2.59. The van der Waals surface area contributed by atoms with Crippen molar-refractivity contribution >= 4 is 0 Å². The first kappa shape index (κ1) is 19.8. The lowest BCUT2D eigenvalue weighted by molar-refractivity contribution is -0.228. The molecule has 1 aliphatic rings. The van der Waals surface area contributed by atoms with Crippen LogP contribution >= 0.6 is 0 Å². The molecular weight excluding hydrogens is 348 g/mol. The van der Waals surface area contributed by atoms with Crippen molar-refractivity contribution in [3.05, 3.63) is 65.2 Å². The fourth-order valence-electron chi connectivity index (χ4n) is 3.46. The second kappa shape index (κ2) is 8.82. The fourth-order valence-corrected chi connectivity index (χ4v) is 3.46. The maximum Gasteiger partial charge on any atom is 0.118 e. The van der Waals surface area contributed by atoms with E-state index in [0.717, 1.165) is 22.4 Å². The minimum atomic E-state index is -1.35. The van der Waals surface area contributed by atoms with Gasteiger partial charge in [0.1, 0.15) is 30.2 Å². The van der Waals surface area contributed by atoms with E-state index in [9.17, 15) is 20.4 Å². The van der Waals surface area contributed by atoms with Gasteiger partial charge in [0.25, 0.3) is 0 Å². The topological polar surface area (TPSA) is 99.4 Å². The predicted molar refractivity (Wildman–Crippen MR) is 99.7 cm³/mol. The van der Waals surface area contributed by atoms with E-state index in [0.29, 0.717) is 12.8 Å². The van der Waals surface area contributed by atoms with E-state index < -0.39 is 37.1 Å². The lowest BCUT2D eigenvalue weighted by atomic mass is 9.89. The molecule has 2 aromatic carbocycles. The Morgan fingerprint density at radius 3 is 2.11 bits per heavy atom. The van der Waals surface area contributed by atoms with Crippen molar-refractivity contribution < 1.29 is 29.9 Å². The zero-order valence-electron chi connectivity index (χ0n) is 15.2. The maximum atomic E-state index is 10.3. The number of hydrogen-bond acceptors (Lipinski definition) is 6. The van der Waals surface area contributed by atoms with Gasteiger partial charge in [-0.15, -0.1) is 0 Å². The molecule has 0 unspecified atom stereocenters. The standard InChI is InChI=1S/C21H26O6/c1-26-16-8-6-13(7-9-16)10-14-4-2-3-5-15(14)11-17-19(23)21(25)20(24)18(12-22)27-17/h2-9,17-25H,10-12H2,1H3/t17-,18+,19-,20+,21+/m0/s1. The highest BCUT2D eigenvalue weighted by Gasteiger charge is 2.43. The molecule has 2 aromatic rings. The van der Waals surface area contributed by atoms with Gasteiger partial charge < -0.3 is 29.9 Å². The monoisotopic (exact) mass is 374 g/mol. The second-order valence-corrected chi connectivity index (χ2v) is 6.87. The Kier molecular flexibility index (Phi) is 6.46. The van der Waals surface area contributed by atoms with Gasteiger partial charge in [0.15, 0.2) is 0 Å². The predicted octanol–water partition coefficient (Wildman–Crippen LogP) is 0.671. The zero-order valence-corrected chi connectivity index (χ0v) is 15.2. The third-order valence-corrected chi connectivity index (χ3v) is 5.08. The normalized spacial score (nSPS) is 28.1. The molecule has 1 heterocycles. The molecular formula is C21H26O6. The van der Waals surface area contributed by atoms with Gasteiger partial charge in [-0.3, -0.25) is 0 Å². The van der Waals surface area contributed by atoms with Crippen molar-refractivity contribution in [3.63, 3.8) is 0 Å². The molecule has 1 fully saturated rings. The van der Waals surface area contributed by atoms with Crippen molar-refractivity contribution in [2.24, 2.45) is 0 Å². The summed E-state index contributed by atoms with van der Waals surface area (Å²) in [6.45, 7) is -0.422. The summed E-state index contributed by atoms with van der Waals surface area (Å²) in [4.78, 5) is 0. The summed E-state index contributed by atoms with van der Waals surface area (Å²) >= 11 is 0. The molecule has 1 saturated heterocycles. The summed E-state index contributed by atoms with van der Waals surface area (Å²) in [6, 6.07) is 15.7. The van der Waals surface area contributed by atoms with Crippen LogP contribution in [0.2, 0.25) is 0 Å². The third kappa shape index (κ3) is 4.48. The van der Waals surface area contributed by atoms with E-state index in [-0.39, 0.29) is 0 Å². The van der Waals surface area contributed by atoms with Crippen LogP contribution in [0.15, 0.2) is 48.5 Å². The first-order chi connectivity index (χ1) is 13.0. The molecule has 0 spiro atoms. The first-order valence-corrected chi connectivity index (χ1v) is 9.03. The third-order valence-electron chi connectivity index (χ3n) is 5.08. The van der Waals surface area contributed by atoms with Gasteiger partial charge in [-0.2, -0.15) is 0 Å². The molecule has 0 radical (unpaired) electrons. The SMILES string of the molecule is COc1ccc(Cc2ccccc2C[C@@H]2O[C@H](CO)[C@@H](O)[C@H](O)[C@H]2O)cc1. The van der Waals surface area contributed by atoms with E-state index in [2.05, 4.69) is 0 Å². The molecule has 146 valence electrons. The Morgan fingerprint density at radius 2 is 1.48 bits per heavy atom. The molecule has 0 bridgehead atoms. The van der Waals surface area contributed by atoms with Crippen LogP contribution in [-0.2, 0) is 17.6 Å². The van der Waals surface area contributed by atoms with Crippen LogP contribution in [0.25, 0.3) is 0 Å². The molecule has 0 amide bonds. The van der Waals surface area contributed by atoms with Crippen molar-refractivity contribution in [1.29, 1.82) is 0 Å². The molecule has 0 aliphatic carbocycles. The summed E-state index contributed by atoms with van der Waals surface area (Å²) in [5, 5.41) is 39.6. The van der Waals surface area contributed by atoms with Crippen LogP contribution in [-0.4, -0.2) is 64.7 Å². The van der Waals surface area contributed by atoms with Gasteiger partial charge in [0.2, 0.25) is 0 Å². The van der Waals surface area contributed by atoms with Crippen LogP contribution < -0.4 is 4.74 Å². The molecule has 6 heteroatoms. The Bertz CT molecular complexity index is 730. The zero-order chi connectivity index (χ0) is 19.4. The number of ether oxygens (including phenoxy) is 2. The van der Waals surface area contributed by atoms with Gasteiger partial charge in [-0.05, 0) is 35.2 Å². The van der Waals surface area contributed by atoms with Crippen molar-refractivity contribution in [2.75, 3.05) is 13.7 Å². The number of rotatable bonds is 6. The number of benzene rings is 2. The Balaban J connectivity index is 1.77. The largest absolute Gasteiger partial charge is 0.497 e. The van der Waals surface area contributed by atoms with E-state index in [4.69, 9.17) is 9.47 Å². The van der Waals surface area contributed by atoms with Gasteiger partial charge in [0.05, 0.1) is 19.8 Å².